The van der Waals surface area contributed by atoms with Crippen LogP contribution in [0.3, 0.4) is 0 Å². The van der Waals surface area contributed by atoms with Gasteiger partial charge in [0.25, 0.3) is 0 Å². The summed E-state index contributed by atoms with van der Waals surface area (Å²) in [6, 6.07) is 2.88. The first-order valence-electron chi connectivity index (χ1n) is 8.75. The fourth-order valence-electron chi connectivity index (χ4n) is 2.54. The van der Waals surface area contributed by atoms with E-state index in [9.17, 15) is 19.5 Å². The molecule has 0 fully saturated rings. The van der Waals surface area contributed by atoms with Gasteiger partial charge in [0.15, 0.2) is 0 Å². The van der Waals surface area contributed by atoms with E-state index in [4.69, 9.17) is 10.8 Å². The van der Waals surface area contributed by atoms with Crippen molar-refractivity contribution in [2.75, 3.05) is 5.75 Å². The first-order valence-corrected chi connectivity index (χ1v) is 9.38. The molecule has 0 aliphatic heterocycles. The SMILES string of the molecule is N[C@@H](Cc1cnc[nH]1)C(=O)N[C@H](Cc1ccc(O)cc1)C(=O)N[C@@H](CS)C(=O)O. The fraction of sp³-hybridized carbons (Fsp3) is 0.333. The Bertz CT molecular complexity index is 828. The van der Waals surface area contributed by atoms with Crippen molar-refractivity contribution in [1.29, 1.82) is 0 Å². The number of carboxylic acid groups (broad SMARTS) is 1. The molecule has 0 bridgehead atoms. The van der Waals surface area contributed by atoms with Gasteiger partial charge in [0.1, 0.15) is 17.8 Å². The number of carbonyl (C=O) groups excluding carboxylic acids is 2. The van der Waals surface area contributed by atoms with Crippen molar-refractivity contribution in [3.8, 4) is 5.75 Å². The number of carbonyl (C=O) groups is 3. The average Bonchev–Trinajstić information content (AvgIpc) is 3.19. The third-order valence-electron chi connectivity index (χ3n) is 4.14. The number of phenols is 1. The molecule has 11 heteroatoms. The van der Waals surface area contributed by atoms with E-state index in [0.717, 1.165) is 0 Å². The van der Waals surface area contributed by atoms with Crippen LogP contribution in [0, 0.1) is 0 Å². The van der Waals surface area contributed by atoms with Crippen LogP contribution in [0.15, 0.2) is 36.8 Å². The number of benzene rings is 1. The molecule has 1 aromatic heterocycles. The molecule has 10 nitrogen and oxygen atoms in total. The molecule has 1 heterocycles. The number of rotatable bonds is 10. The van der Waals surface area contributed by atoms with Crippen molar-refractivity contribution < 1.29 is 24.6 Å². The molecular formula is C18H23N5O5S. The zero-order valence-corrected chi connectivity index (χ0v) is 16.3. The van der Waals surface area contributed by atoms with Gasteiger partial charge in [-0.3, -0.25) is 9.59 Å². The highest BCUT2D eigenvalue weighted by Gasteiger charge is 2.27. The number of nitrogens with one attached hydrogen (secondary N) is 3. The van der Waals surface area contributed by atoms with Gasteiger partial charge < -0.3 is 31.6 Å². The van der Waals surface area contributed by atoms with Crippen LogP contribution in [0.4, 0.5) is 0 Å². The topological polar surface area (TPSA) is 170 Å². The molecule has 2 aromatic rings. The molecule has 2 amide bonds. The molecule has 29 heavy (non-hydrogen) atoms. The molecule has 7 N–H and O–H groups in total. The number of amides is 2. The third kappa shape index (κ3) is 6.80. The number of thiol groups is 1. The number of phenolic OH excluding ortho intramolecular Hbond substituents is 1. The predicted octanol–water partition coefficient (Wildman–Crippen LogP) is -0.788. The van der Waals surface area contributed by atoms with Crippen molar-refractivity contribution in [2.24, 2.45) is 5.73 Å². The van der Waals surface area contributed by atoms with E-state index in [2.05, 4.69) is 33.2 Å². The lowest BCUT2D eigenvalue weighted by Gasteiger charge is -2.22. The maximum atomic E-state index is 12.6. The van der Waals surface area contributed by atoms with E-state index in [0.29, 0.717) is 11.3 Å². The van der Waals surface area contributed by atoms with Crippen molar-refractivity contribution in [1.82, 2.24) is 20.6 Å². The summed E-state index contributed by atoms with van der Waals surface area (Å²) >= 11 is 3.92. The van der Waals surface area contributed by atoms with Gasteiger partial charge in [0, 0.05) is 30.5 Å². The van der Waals surface area contributed by atoms with Crippen LogP contribution in [-0.4, -0.2) is 61.8 Å². The van der Waals surface area contributed by atoms with Crippen LogP contribution < -0.4 is 16.4 Å². The number of aromatic hydroxyl groups is 1. The average molecular weight is 421 g/mol. The molecule has 0 aliphatic carbocycles. The Morgan fingerprint density at radius 1 is 1.10 bits per heavy atom. The van der Waals surface area contributed by atoms with Crippen molar-refractivity contribution in [3.63, 3.8) is 0 Å². The van der Waals surface area contributed by atoms with Crippen LogP contribution in [-0.2, 0) is 27.2 Å². The summed E-state index contributed by atoms with van der Waals surface area (Å²) in [7, 11) is 0. The molecule has 2 rings (SSSR count). The molecule has 1 aromatic carbocycles. The molecule has 156 valence electrons. The van der Waals surface area contributed by atoms with E-state index in [-0.39, 0.29) is 24.3 Å². The standard InChI is InChI=1S/C18H23N5O5S/c19-13(6-11-7-20-9-21-11)16(25)22-14(5-10-1-3-12(24)4-2-10)17(26)23-15(8-29)18(27)28/h1-4,7,9,13-15,24,29H,5-6,8,19H2,(H,20,21)(H,22,25)(H,23,26)(H,27,28)/t13-,14+,15-/m0/s1. The number of carboxylic acids is 1. The second-order valence-electron chi connectivity index (χ2n) is 6.40. The summed E-state index contributed by atoms with van der Waals surface area (Å²) in [6.07, 6.45) is 3.27. The van der Waals surface area contributed by atoms with Crippen molar-refractivity contribution in [2.45, 2.75) is 31.0 Å². The number of nitrogens with zero attached hydrogens (tertiary/aromatic N) is 1. The summed E-state index contributed by atoms with van der Waals surface area (Å²) in [5, 5.41) is 23.5. The van der Waals surface area contributed by atoms with Crippen LogP contribution in [0.5, 0.6) is 5.75 Å². The molecule has 0 spiro atoms. The minimum Gasteiger partial charge on any atom is -0.508 e. The quantitative estimate of drug-likeness (QED) is 0.246. The van der Waals surface area contributed by atoms with Crippen molar-refractivity contribution in [3.05, 3.63) is 48.0 Å². The first-order chi connectivity index (χ1) is 13.8. The second-order valence-corrected chi connectivity index (χ2v) is 6.77. The Kier molecular flexibility index (Phi) is 8.04. The van der Waals surface area contributed by atoms with Gasteiger partial charge in [-0.05, 0) is 17.7 Å². The number of hydrogen-bond acceptors (Lipinski definition) is 7. The number of aromatic nitrogens is 2. The Balaban J connectivity index is 2.11. The maximum Gasteiger partial charge on any atom is 0.327 e. The van der Waals surface area contributed by atoms with E-state index < -0.39 is 35.9 Å². The van der Waals surface area contributed by atoms with Crippen molar-refractivity contribution >= 4 is 30.4 Å². The smallest absolute Gasteiger partial charge is 0.327 e. The second kappa shape index (κ2) is 10.5. The molecule has 0 aliphatic rings. The molecule has 0 saturated carbocycles. The Hall–Kier alpha value is -3.05. The number of hydrogen-bond donors (Lipinski definition) is 7. The lowest BCUT2D eigenvalue weighted by molar-refractivity contribution is -0.141. The number of H-pyrrole nitrogens is 1. The predicted molar refractivity (Wildman–Crippen MR) is 107 cm³/mol. The highest BCUT2D eigenvalue weighted by molar-refractivity contribution is 7.80. The fourth-order valence-corrected chi connectivity index (χ4v) is 2.79. The molecule has 3 atom stereocenters. The number of nitrogens with two attached hydrogens (primary N) is 1. The largest absolute Gasteiger partial charge is 0.508 e. The third-order valence-corrected chi connectivity index (χ3v) is 4.50. The first kappa shape index (κ1) is 22.2. The zero-order chi connectivity index (χ0) is 21.4. The summed E-state index contributed by atoms with van der Waals surface area (Å²) < 4.78 is 0. The number of aliphatic carboxylic acids is 1. The molecule has 0 unspecified atom stereocenters. The van der Waals surface area contributed by atoms with E-state index in [1.807, 2.05) is 0 Å². The van der Waals surface area contributed by atoms with Gasteiger partial charge in [-0.2, -0.15) is 12.6 Å². The highest BCUT2D eigenvalue weighted by Crippen LogP contribution is 2.12. The van der Waals surface area contributed by atoms with Crippen LogP contribution in [0.1, 0.15) is 11.3 Å². The Labute approximate surface area is 172 Å². The monoisotopic (exact) mass is 421 g/mol. The van der Waals surface area contributed by atoms with Crippen LogP contribution in [0.2, 0.25) is 0 Å². The number of aromatic amines is 1. The van der Waals surface area contributed by atoms with Gasteiger partial charge in [-0.25, -0.2) is 9.78 Å². The highest BCUT2D eigenvalue weighted by atomic mass is 32.1. The lowest BCUT2D eigenvalue weighted by Crippen LogP contribution is -2.55. The van der Waals surface area contributed by atoms with Crippen LogP contribution >= 0.6 is 12.6 Å². The minimum atomic E-state index is -1.24. The summed E-state index contributed by atoms with van der Waals surface area (Å²) in [5.41, 5.74) is 7.23. The van der Waals surface area contributed by atoms with E-state index in [1.165, 1.54) is 24.7 Å². The molecule has 0 saturated heterocycles. The lowest BCUT2D eigenvalue weighted by atomic mass is 10.0. The normalized spacial score (nSPS) is 13.9. The van der Waals surface area contributed by atoms with Gasteiger partial charge in [0.05, 0.1) is 12.4 Å². The van der Waals surface area contributed by atoms with Gasteiger partial charge in [0.2, 0.25) is 11.8 Å². The minimum absolute atomic E-state index is 0.0568. The van der Waals surface area contributed by atoms with E-state index >= 15 is 0 Å². The zero-order valence-electron chi connectivity index (χ0n) is 15.4. The maximum absolute atomic E-state index is 12.6. The molecular weight excluding hydrogens is 398 g/mol. The Morgan fingerprint density at radius 2 is 1.76 bits per heavy atom. The molecule has 0 radical (unpaired) electrons. The Morgan fingerprint density at radius 3 is 2.31 bits per heavy atom. The van der Waals surface area contributed by atoms with Crippen LogP contribution in [0.25, 0.3) is 0 Å². The summed E-state index contributed by atoms with van der Waals surface area (Å²) in [4.78, 5) is 43.0. The summed E-state index contributed by atoms with van der Waals surface area (Å²) in [5.74, 6) is -2.54. The van der Waals surface area contributed by atoms with Gasteiger partial charge in [-0.15, -0.1) is 0 Å². The van der Waals surface area contributed by atoms with E-state index in [1.54, 1.807) is 12.1 Å². The number of imidazole rings is 1. The van der Waals surface area contributed by atoms with Gasteiger partial charge >= 0.3 is 5.97 Å². The van der Waals surface area contributed by atoms with Gasteiger partial charge in [-0.1, -0.05) is 12.1 Å². The summed E-state index contributed by atoms with van der Waals surface area (Å²) in [6.45, 7) is 0.